The molecule has 0 unspecified atom stereocenters. The van der Waals surface area contributed by atoms with Crippen LogP contribution in [0.25, 0.3) is 0 Å². The molecule has 2 aliphatic rings. The van der Waals surface area contributed by atoms with Gasteiger partial charge in [0.2, 0.25) is 5.91 Å². The molecule has 0 saturated carbocycles. The molecule has 28 heavy (non-hydrogen) atoms. The summed E-state index contributed by atoms with van der Waals surface area (Å²) in [5.74, 6) is -0.165. The third kappa shape index (κ3) is 3.36. The minimum Gasteiger partial charge on any atom is -0.457 e. The van der Waals surface area contributed by atoms with E-state index < -0.39 is 5.54 Å². The van der Waals surface area contributed by atoms with Gasteiger partial charge in [0, 0.05) is 12.7 Å². The first-order valence-corrected chi connectivity index (χ1v) is 9.65. The summed E-state index contributed by atoms with van der Waals surface area (Å²) in [7, 11) is 1.85. The summed E-state index contributed by atoms with van der Waals surface area (Å²) in [5, 5.41) is 3.34. The number of carbonyl (C=O) groups excluding carboxylic acids is 2. The van der Waals surface area contributed by atoms with Gasteiger partial charge in [-0.15, -0.1) is 0 Å². The Morgan fingerprint density at radius 3 is 2.43 bits per heavy atom. The van der Waals surface area contributed by atoms with E-state index in [0.717, 1.165) is 37.2 Å². The lowest BCUT2D eigenvalue weighted by Gasteiger charge is -2.40. The Morgan fingerprint density at radius 1 is 1.07 bits per heavy atom. The lowest BCUT2D eigenvalue weighted by atomic mass is 9.86. The van der Waals surface area contributed by atoms with Gasteiger partial charge in [-0.3, -0.25) is 4.79 Å². The van der Waals surface area contributed by atoms with Gasteiger partial charge in [0.15, 0.2) is 0 Å². The minimum atomic E-state index is -0.477. The van der Waals surface area contributed by atoms with Crippen LogP contribution in [0.4, 0.5) is 5.69 Å². The van der Waals surface area contributed by atoms with Gasteiger partial charge < -0.3 is 19.9 Å². The van der Waals surface area contributed by atoms with Gasteiger partial charge >= 0.3 is 5.97 Å². The Kier molecular flexibility index (Phi) is 5.05. The van der Waals surface area contributed by atoms with Crippen molar-refractivity contribution < 1.29 is 14.3 Å². The van der Waals surface area contributed by atoms with E-state index in [-0.39, 0.29) is 18.5 Å². The van der Waals surface area contributed by atoms with E-state index in [1.807, 2.05) is 49.5 Å². The summed E-state index contributed by atoms with van der Waals surface area (Å²) in [4.78, 5) is 29.1. The molecule has 6 heteroatoms. The summed E-state index contributed by atoms with van der Waals surface area (Å²) < 4.78 is 5.40. The van der Waals surface area contributed by atoms with E-state index in [1.165, 1.54) is 0 Å². The van der Waals surface area contributed by atoms with Crippen LogP contribution in [0.1, 0.15) is 28.8 Å². The lowest BCUT2D eigenvalue weighted by Crippen LogP contribution is -2.55. The summed E-state index contributed by atoms with van der Waals surface area (Å²) in [5.41, 5.74) is 1.95. The summed E-state index contributed by atoms with van der Waals surface area (Å²) in [6, 6.07) is 17.0. The number of hydrogen-bond acceptors (Lipinski definition) is 5. The van der Waals surface area contributed by atoms with Gasteiger partial charge in [-0.2, -0.15) is 0 Å². The molecule has 6 nitrogen and oxygen atoms in total. The quantitative estimate of drug-likeness (QED) is 0.827. The molecular weight excluding hydrogens is 354 g/mol. The topological polar surface area (TPSA) is 61.9 Å². The highest BCUT2D eigenvalue weighted by Crippen LogP contribution is 2.37. The molecule has 1 spiro atoms. The first-order chi connectivity index (χ1) is 13.6. The van der Waals surface area contributed by atoms with E-state index in [2.05, 4.69) is 10.2 Å². The molecule has 0 aliphatic carbocycles. The molecule has 1 amide bonds. The largest absolute Gasteiger partial charge is 0.457 e. The summed E-state index contributed by atoms with van der Waals surface area (Å²) >= 11 is 0. The first-order valence-electron chi connectivity index (χ1n) is 9.65. The predicted molar refractivity (Wildman–Crippen MR) is 107 cm³/mol. The Bertz CT molecular complexity index is 845. The fourth-order valence-corrected chi connectivity index (χ4v) is 4.12. The molecule has 146 valence electrons. The Morgan fingerprint density at radius 2 is 1.75 bits per heavy atom. The normalized spacial score (nSPS) is 18.5. The number of carbonyl (C=O) groups is 2. The number of anilines is 1. The molecular formula is C22H25N3O3. The molecule has 0 atom stereocenters. The number of piperidine rings is 1. The molecule has 2 saturated heterocycles. The average Bonchev–Trinajstić information content (AvgIpc) is 2.98. The molecule has 4 rings (SSSR count). The van der Waals surface area contributed by atoms with E-state index in [9.17, 15) is 9.59 Å². The number of hydrogen-bond donors (Lipinski definition) is 1. The fourth-order valence-electron chi connectivity index (χ4n) is 4.12. The second-order valence-corrected chi connectivity index (χ2v) is 7.46. The van der Waals surface area contributed by atoms with Crippen molar-refractivity contribution in [3.8, 4) is 0 Å². The standard InChI is InChI=1S/C22H25N3O3/c1-24-16-25(22(21(24)27)11-13-23-14-12-22)19-9-7-18(8-10-19)20(26)28-15-17-5-3-2-4-6-17/h2-10,23H,11-16H2,1H3. The smallest absolute Gasteiger partial charge is 0.338 e. The van der Waals surface area contributed by atoms with Crippen LogP contribution in [-0.4, -0.2) is 49.1 Å². The maximum absolute atomic E-state index is 12.8. The number of likely N-dealkylation sites (N-methyl/N-ethyl adjacent to an activating group) is 1. The van der Waals surface area contributed by atoms with E-state index >= 15 is 0 Å². The second-order valence-electron chi connectivity index (χ2n) is 7.46. The van der Waals surface area contributed by atoms with Gasteiger partial charge in [-0.05, 0) is 55.8 Å². The highest BCUT2D eigenvalue weighted by molar-refractivity contribution is 5.94. The first kappa shape index (κ1) is 18.5. The lowest BCUT2D eigenvalue weighted by molar-refractivity contribution is -0.131. The van der Waals surface area contributed by atoms with Crippen molar-refractivity contribution >= 4 is 17.6 Å². The van der Waals surface area contributed by atoms with Crippen LogP contribution in [0, 0.1) is 0 Å². The van der Waals surface area contributed by atoms with Gasteiger partial charge in [-0.1, -0.05) is 30.3 Å². The number of rotatable bonds is 4. The molecule has 0 radical (unpaired) electrons. The zero-order valence-electron chi connectivity index (χ0n) is 16.1. The van der Waals surface area contributed by atoms with Crippen LogP contribution in [0.2, 0.25) is 0 Å². The SMILES string of the molecule is CN1CN(c2ccc(C(=O)OCc3ccccc3)cc2)C2(CCNCC2)C1=O. The van der Waals surface area contributed by atoms with Crippen LogP contribution < -0.4 is 10.2 Å². The number of amides is 1. The van der Waals surface area contributed by atoms with Crippen LogP contribution >= 0.6 is 0 Å². The number of ether oxygens (including phenoxy) is 1. The van der Waals surface area contributed by atoms with Crippen LogP contribution in [0.15, 0.2) is 54.6 Å². The average molecular weight is 379 g/mol. The van der Waals surface area contributed by atoms with Crippen molar-refractivity contribution in [2.75, 3.05) is 31.7 Å². The number of esters is 1. The third-order valence-corrected chi connectivity index (χ3v) is 5.67. The van der Waals surface area contributed by atoms with Crippen molar-refractivity contribution in [3.05, 3.63) is 65.7 Å². The number of nitrogens with zero attached hydrogens (tertiary/aromatic N) is 2. The van der Waals surface area contributed by atoms with Crippen molar-refractivity contribution in [1.29, 1.82) is 0 Å². The van der Waals surface area contributed by atoms with Gasteiger partial charge in [0.05, 0.1) is 12.2 Å². The van der Waals surface area contributed by atoms with Crippen LogP contribution in [0.3, 0.4) is 0 Å². The highest BCUT2D eigenvalue weighted by Gasteiger charge is 2.51. The number of nitrogens with one attached hydrogen (secondary N) is 1. The molecule has 1 N–H and O–H groups in total. The zero-order chi connectivity index (χ0) is 19.6. The van der Waals surface area contributed by atoms with E-state index in [1.54, 1.807) is 17.0 Å². The predicted octanol–water partition coefficient (Wildman–Crippen LogP) is 2.40. The zero-order valence-corrected chi connectivity index (χ0v) is 16.1. The van der Waals surface area contributed by atoms with E-state index in [0.29, 0.717) is 12.2 Å². The monoisotopic (exact) mass is 379 g/mol. The minimum absolute atomic E-state index is 0.181. The van der Waals surface area contributed by atoms with Crippen molar-refractivity contribution in [1.82, 2.24) is 10.2 Å². The van der Waals surface area contributed by atoms with Crippen molar-refractivity contribution in [3.63, 3.8) is 0 Å². The van der Waals surface area contributed by atoms with Gasteiger partial charge in [-0.25, -0.2) is 4.79 Å². The molecule has 0 aromatic heterocycles. The maximum Gasteiger partial charge on any atom is 0.338 e. The van der Waals surface area contributed by atoms with Crippen LogP contribution in [0.5, 0.6) is 0 Å². The molecule has 2 aliphatic heterocycles. The molecule has 2 heterocycles. The third-order valence-electron chi connectivity index (χ3n) is 5.67. The van der Waals surface area contributed by atoms with Crippen molar-refractivity contribution in [2.45, 2.75) is 25.0 Å². The summed E-state index contributed by atoms with van der Waals surface area (Å²) in [6.07, 6.45) is 1.58. The fraction of sp³-hybridized carbons (Fsp3) is 0.364. The Hall–Kier alpha value is -2.86. The number of benzene rings is 2. The maximum atomic E-state index is 12.8. The molecule has 2 aromatic rings. The van der Waals surface area contributed by atoms with Crippen molar-refractivity contribution in [2.24, 2.45) is 0 Å². The molecule has 2 fully saturated rings. The second kappa shape index (κ2) is 7.64. The van der Waals surface area contributed by atoms with Gasteiger partial charge in [0.1, 0.15) is 12.1 Å². The van der Waals surface area contributed by atoms with Gasteiger partial charge in [0.25, 0.3) is 0 Å². The highest BCUT2D eigenvalue weighted by atomic mass is 16.5. The van der Waals surface area contributed by atoms with E-state index in [4.69, 9.17) is 4.74 Å². The van der Waals surface area contributed by atoms with Crippen LogP contribution in [-0.2, 0) is 16.1 Å². The summed E-state index contributed by atoms with van der Waals surface area (Å²) in [6.45, 7) is 2.49. The Balaban J connectivity index is 1.48. The molecule has 0 bridgehead atoms. The Labute approximate surface area is 165 Å². The molecule has 2 aromatic carbocycles.